The lowest BCUT2D eigenvalue weighted by Gasteiger charge is -2.18. The van der Waals surface area contributed by atoms with Crippen molar-refractivity contribution < 1.29 is 0 Å². The molecule has 106 valence electrons. The van der Waals surface area contributed by atoms with Crippen molar-refractivity contribution >= 4 is 15.9 Å². The first-order valence-electron chi connectivity index (χ1n) is 7.12. The van der Waals surface area contributed by atoms with Gasteiger partial charge in [-0.15, -0.1) is 0 Å². The van der Waals surface area contributed by atoms with Crippen LogP contribution in [0.2, 0.25) is 0 Å². The van der Waals surface area contributed by atoms with Crippen molar-refractivity contribution in [1.82, 2.24) is 5.32 Å². The Morgan fingerprint density at radius 3 is 2.55 bits per heavy atom. The minimum atomic E-state index is 0.621. The van der Waals surface area contributed by atoms with Crippen molar-refractivity contribution in [3.8, 4) is 0 Å². The van der Waals surface area contributed by atoms with E-state index in [2.05, 4.69) is 76.7 Å². The molecule has 2 rings (SSSR count). The van der Waals surface area contributed by atoms with Crippen LogP contribution >= 0.6 is 15.9 Å². The molecule has 1 unspecified atom stereocenters. The number of hydrogen-bond acceptors (Lipinski definition) is 1. The highest BCUT2D eigenvalue weighted by Crippen LogP contribution is 2.19. The first-order valence-corrected chi connectivity index (χ1v) is 7.92. The quantitative estimate of drug-likeness (QED) is 0.828. The standard InChI is InChI=1S/C18H22BrN/c1-14-6-3-4-8-17(14)11-16(13-20-2)10-15-7-5-9-18(19)12-15/h3-9,12,16,20H,10-11,13H2,1-2H3. The summed E-state index contributed by atoms with van der Waals surface area (Å²) in [6.45, 7) is 3.24. The van der Waals surface area contributed by atoms with E-state index in [-0.39, 0.29) is 0 Å². The molecule has 0 fully saturated rings. The van der Waals surface area contributed by atoms with E-state index in [1.54, 1.807) is 0 Å². The number of rotatable bonds is 6. The summed E-state index contributed by atoms with van der Waals surface area (Å²) in [6.07, 6.45) is 2.23. The van der Waals surface area contributed by atoms with Crippen molar-refractivity contribution in [1.29, 1.82) is 0 Å². The SMILES string of the molecule is CNCC(Cc1cccc(Br)c1)Cc1ccccc1C. The second kappa shape index (κ2) is 7.61. The molecule has 0 bridgehead atoms. The second-order valence-electron chi connectivity index (χ2n) is 5.39. The van der Waals surface area contributed by atoms with Gasteiger partial charge in [0.15, 0.2) is 0 Å². The summed E-state index contributed by atoms with van der Waals surface area (Å²) >= 11 is 3.55. The monoisotopic (exact) mass is 331 g/mol. The van der Waals surface area contributed by atoms with E-state index in [0.717, 1.165) is 23.9 Å². The molecule has 0 amide bonds. The van der Waals surface area contributed by atoms with Gasteiger partial charge in [-0.25, -0.2) is 0 Å². The van der Waals surface area contributed by atoms with Crippen LogP contribution in [0.3, 0.4) is 0 Å². The third-order valence-corrected chi connectivity index (χ3v) is 4.17. The minimum Gasteiger partial charge on any atom is -0.319 e. The summed E-state index contributed by atoms with van der Waals surface area (Å²) in [5.74, 6) is 0.621. The van der Waals surface area contributed by atoms with Gasteiger partial charge in [-0.1, -0.05) is 52.3 Å². The van der Waals surface area contributed by atoms with Crippen LogP contribution in [0.15, 0.2) is 53.0 Å². The minimum absolute atomic E-state index is 0.621. The molecule has 0 aromatic heterocycles. The van der Waals surface area contributed by atoms with Crippen LogP contribution < -0.4 is 5.32 Å². The van der Waals surface area contributed by atoms with E-state index in [0.29, 0.717) is 5.92 Å². The molecule has 0 aliphatic carbocycles. The van der Waals surface area contributed by atoms with Crippen LogP contribution in [0.1, 0.15) is 16.7 Å². The van der Waals surface area contributed by atoms with Gasteiger partial charge in [0.05, 0.1) is 0 Å². The Hall–Kier alpha value is -1.12. The third-order valence-electron chi connectivity index (χ3n) is 3.68. The van der Waals surface area contributed by atoms with Crippen molar-refractivity contribution in [3.63, 3.8) is 0 Å². The Morgan fingerprint density at radius 2 is 1.85 bits per heavy atom. The van der Waals surface area contributed by atoms with Crippen molar-refractivity contribution in [2.45, 2.75) is 19.8 Å². The number of benzene rings is 2. The van der Waals surface area contributed by atoms with Gasteiger partial charge in [0.1, 0.15) is 0 Å². The molecule has 2 aromatic rings. The average Bonchev–Trinajstić information content (AvgIpc) is 2.42. The molecule has 0 aliphatic rings. The zero-order valence-electron chi connectivity index (χ0n) is 12.2. The summed E-state index contributed by atoms with van der Waals surface area (Å²) in [4.78, 5) is 0. The van der Waals surface area contributed by atoms with Crippen molar-refractivity contribution in [2.24, 2.45) is 5.92 Å². The second-order valence-corrected chi connectivity index (χ2v) is 6.30. The summed E-state index contributed by atoms with van der Waals surface area (Å²) in [6, 6.07) is 17.3. The van der Waals surface area contributed by atoms with Gasteiger partial charge in [-0.3, -0.25) is 0 Å². The Labute approximate surface area is 130 Å². The predicted octanol–water partition coefficient (Wildman–Crippen LogP) is 4.38. The summed E-state index contributed by atoms with van der Waals surface area (Å²) < 4.78 is 1.16. The Morgan fingerprint density at radius 1 is 1.05 bits per heavy atom. The van der Waals surface area contributed by atoms with E-state index in [4.69, 9.17) is 0 Å². The molecule has 20 heavy (non-hydrogen) atoms. The first-order chi connectivity index (χ1) is 9.69. The molecule has 0 heterocycles. The van der Waals surface area contributed by atoms with Crippen LogP contribution in [-0.2, 0) is 12.8 Å². The number of nitrogens with one attached hydrogen (secondary N) is 1. The molecule has 1 atom stereocenters. The predicted molar refractivity (Wildman–Crippen MR) is 90.1 cm³/mol. The van der Waals surface area contributed by atoms with Gasteiger partial charge >= 0.3 is 0 Å². The van der Waals surface area contributed by atoms with Crippen LogP contribution in [-0.4, -0.2) is 13.6 Å². The van der Waals surface area contributed by atoms with Crippen LogP contribution in [0.5, 0.6) is 0 Å². The van der Waals surface area contributed by atoms with Gasteiger partial charge in [-0.05, 0) is 68.1 Å². The fourth-order valence-electron chi connectivity index (χ4n) is 2.65. The molecule has 0 saturated carbocycles. The van der Waals surface area contributed by atoms with Crippen LogP contribution in [0.4, 0.5) is 0 Å². The molecule has 0 spiro atoms. The lowest BCUT2D eigenvalue weighted by Crippen LogP contribution is -2.23. The summed E-state index contributed by atoms with van der Waals surface area (Å²) in [5, 5.41) is 3.33. The average molecular weight is 332 g/mol. The zero-order chi connectivity index (χ0) is 14.4. The molecule has 1 N–H and O–H groups in total. The maximum atomic E-state index is 3.55. The number of halogens is 1. The molecular weight excluding hydrogens is 310 g/mol. The molecular formula is C18H22BrN. The molecule has 0 saturated heterocycles. The molecule has 2 heteroatoms. The molecule has 1 nitrogen and oxygen atoms in total. The largest absolute Gasteiger partial charge is 0.319 e. The van der Waals surface area contributed by atoms with Gasteiger partial charge < -0.3 is 5.32 Å². The van der Waals surface area contributed by atoms with Crippen molar-refractivity contribution in [2.75, 3.05) is 13.6 Å². The third kappa shape index (κ3) is 4.46. The lowest BCUT2D eigenvalue weighted by atomic mass is 9.91. The molecule has 0 radical (unpaired) electrons. The summed E-state index contributed by atoms with van der Waals surface area (Å²) in [7, 11) is 2.03. The van der Waals surface area contributed by atoms with Crippen molar-refractivity contribution in [3.05, 3.63) is 69.7 Å². The zero-order valence-corrected chi connectivity index (χ0v) is 13.8. The van der Waals surface area contributed by atoms with Gasteiger partial charge in [0, 0.05) is 4.47 Å². The highest BCUT2D eigenvalue weighted by atomic mass is 79.9. The Balaban J connectivity index is 2.09. The fraction of sp³-hybridized carbons (Fsp3) is 0.333. The number of hydrogen-bond donors (Lipinski definition) is 1. The van der Waals surface area contributed by atoms with E-state index < -0.39 is 0 Å². The van der Waals surface area contributed by atoms with E-state index in [1.807, 2.05) is 7.05 Å². The van der Waals surface area contributed by atoms with E-state index >= 15 is 0 Å². The van der Waals surface area contributed by atoms with E-state index in [9.17, 15) is 0 Å². The number of aryl methyl sites for hydroxylation is 1. The topological polar surface area (TPSA) is 12.0 Å². The van der Waals surface area contributed by atoms with Gasteiger partial charge in [0.25, 0.3) is 0 Å². The maximum absolute atomic E-state index is 3.55. The first kappa shape index (κ1) is 15.3. The lowest BCUT2D eigenvalue weighted by molar-refractivity contribution is 0.492. The fourth-order valence-corrected chi connectivity index (χ4v) is 3.10. The highest BCUT2D eigenvalue weighted by molar-refractivity contribution is 9.10. The van der Waals surface area contributed by atoms with Gasteiger partial charge in [0.2, 0.25) is 0 Å². The highest BCUT2D eigenvalue weighted by Gasteiger charge is 2.11. The smallest absolute Gasteiger partial charge is 0.0177 e. The maximum Gasteiger partial charge on any atom is 0.0177 e. The van der Waals surface area contributed by atoms with Crippen LogP contribution in [0, 0.1) is 12.8 Å². The van der Waals surface area contributed by atoms with Crippen LogP contribution in [0.25, 0.3) is 0 Å². The van der Waals surface area contributed by atoms with Gasteiger partial charge in [-0.2, -0.15) is 0 Å². The van der Waals surface area contributed by atoms with E-state index in [1.165, 1.54) is 16.7 Å². The summed E-state index contributed by atoms with van der Waals surface area (Å²) in [5.41, 5.74) is 4.25. The Kier molecular flexibility index (Phi) is 5.81. The normalized spacial score (nSPS) is 12.3. The molecule has 0 aliphatic heterocycles. The molecule has 2 aromatic carbocycles. The Bertz CT molecular complexity index is 551.